The number of likely N-dealkylation sites (N-methyl/N-ethyl adjacent to an activating group) is 1. The number of nitrogens with zero attached hydrogens (tertiary/aromatic N) is 2. The molecule has 1 aromatic heterocycles. The Morgan fingerprint density at radius 3 is 2.65 bits per heavy atom. The van der Waals surface area contributed by atoms with Crippen LogP contribution in [0.2, 0.25) is 0 Å². The highest BCUT2D eigenvalue weighted by Crippen LogP contribution is 2.11. The van der Waals surface area contributed by atoms with Crippen LogP contribution in [0.25, 0.3) is 0 Å². The zero-order valence-corrected chi connectivity index (χ0v) is 12.9. The van der Waals surface area contributed by atoms with Crippen LogP contribution in [0.3, 0.4) is 0 Å². The molecule has 0 atom stereocenters. The van der Waals surface area contributed by atoms with E-state index in [4.69, 9.17) is 0 Å². The van der Waals surface area contributed by atoms with Gasteiger partial charge < -0.3 is 10.6 Å². The summed E-state index contributed by atoms with van der Waals surface area (Å²) in [5, 5.41) is 10.4. The molecule has 6 heteroatoms. The molecule has 0 bridgehead atoms. The van der Waals surface area contributed by atoms with Crippen LogP contribution in [-0.2, 0) is 6.54 Å². The molecule has 1 aromatic carbocycles. The average Bonchev–Trinajstić information content (AvgIpc) is 2.44. The second-order valence-electron chi connectivity index (χ2n) is 4.40. The fraction of sp³-hybridized carbons (Fsp3) is 0.286. The Balaban J connectivity index is 2.06. The van der Waals surface area contributed by atoms with E-state index in [1.807, 2.05) is 31.3 Å². The van der Waals surface area contributed by atoms with Crippen molar-refractivity contribution in [2.75, 3.05) is 25.5 Å². The molecule has 0 saturated carbocycles. The first-order valence-electron chi connectivity index (χ1n) is 6.39. The lowest BCUT2D eigenvalue weighted by molar-refractivity contribution is 0.639. The summed E-state index contributed by atoms with van der Waals surface area (Å²) < 4.78 is 2.47. The van der Waals surface area contributed by atoms with E-state index in [0.717, 1.165) is 28.8 Å². The highest BCUT2D eigenvalue weighted by molar-refractivity contribution is 9.10. The number of halogens is 1. The maximum atomic E-state index is 12.0. The van der Waals surface area contributed by atoms with Crippen molar-refractivity contribution >= 4 is 21.6 Å². The average molecular weight is 337 g/mol. The molecule has 0 aliphatic heterocycles. The first-order chi connectivity index (χ1) is 9.69. The van der Waals surface area contributed by atoms with Crippen LogP contribution in [0, 0.1) is 0 Å². The van der Waals surface area contributed by atoms with Gasteiger partial charge in [-0.2, -0.15) is 5.10 Å². The molecular weight excluding hydrogens is 320 g/mol. The van der Waals surface area contributed by atoms with Gasteiger partial charge in [-0.05, 0) is 24.7 Å². The van der Waals surface area contributed by atoms with E-state index in [2.05, 4.69) is 31.7 Å². The summed E-state index contributed by atoms with van der Waals surface area (Å²) in [7, 11) is 1.89. The lowest BCUT2D eigenvalue weighted by atomic mass is 10.2. The Bertz CT molecular complexity index is 609. The van der Waals surface area contributed by atoms with Crippen LogP contribution < -0.4 is 16.2 Å². The molecule has 2 N–H and O–H groups in total. The summed E-state index contributed by atoms with van der Waals surface area (Å²) >= 11 is 3.39. The first-order valence-corrected chi connectivity index (χ1v) is 7.18. The van der Waals surface area contributed by atoms with Crippen LogP contribution >= 0.6 is 15.9 Å². The van der Waals surface area contributed by atoms with E-state index in [1.54, 1.807) is 12.3 Å². The Morgan fingerprint density at radius 1 is 1.25 bits per heavy atom. The number of hydrogen-bond donors (Lipinski definition) is 2. The highest BCUT2D eigenvalue weighted by atomic mass is 79.9. The molecule has 1 heterocycles. The van der Waals surface area contributed by atoms with E-state index in [9.17, 15) is 4.79 Å². The van der Waals surface area contributed by atoms with Crippen molar-refractivity contribution in [1.29, 1.82) is 0 Å². The van der Waals surface area contributed by atoms with Crippen molar-refractivity contribution in [3.05, 3.63) is 56.9 Å². The molecule has 0 unspecified atom stereocenters. The first kappa shape index (κ1) is 14.7. The van der Waals surface area contributed by atoms with Gasteiger partial charge in [0.05, 0.1) is 18.4 Å². The Hall–Kier alpha value is -1.66. The second kappa shape index (κ2) is 7.21. The fourth-order valence-corrected chi connectivity index (χ4v) is 2.01. The standard InChI is InChI=1S/C14H17BrN4O/c1-16-6-7-17-13-8-14(20)19(18-9-13)10-11-2-4-12(15)5-3-11/h2-5,8-9,16-17H,6-7,10H2,1H3. The summed E-state index contributed by atoms with van der Waals surface area (Å²) in [4.78, 5) is 12.0. The van der Waals surface area contributed by atoms with E-state index >= 15 is 0 Å². The largest absolute Gasteiger partial charge is 0.382 e. The van der Waals surface area contributed by atoms with Gasteiger partial charge in [-0.15, -0.1) is 0 Å². The number of rotatable bonds is 6. The van der Waals surface area contributed by atoms with Gasteiger partial charge in [0.25, 0.3) is 5.56 Å². The summed E-state index contributed by atoms with van der Waals surface area (Å²) in [5.74, 6) is 0. The van der Waals surface area contributed by atoms with Gasteiger partial charge in [-0.1, -0.05) is 28.1 Å². The predicted octanol–water partition coefficient (Wildman–Crippen LogP) is 1.69. The summed E-state index contributed by atoms with van der Waals surface area (Å²) in [5.41, 5.74) is 1.68. The van der Waals surface area contributed by atoms with E-state index in [0.29, 0.717) is 6.54 Å². The molecule has 2 aromatic rings. The zero-order chi connectivity index (χ0) is 14.4. The third-order valence-corrected chi connectivity index (χ3v) is 3.35. The van der Waals surface area contributed by atoms with Gasteiger partial charge >= 0.3 is 0 Å². The van der Waals surface area contributed by atoms with Crippen molar-refractivity contribution in [2.45, 2.75) is 6.54 Å². The van der Waals surface area contributed by atoms with Crippen molar-refractivity contribution in [2.24, 2.45) is 0 Å². The summed E-state index contributed by atoms with van der Waals surface area (Å²) in [6.45, 7) is 2.07. The van der Waals surface area contributed by atoms with E-state index in [1.165, 1.54) is 4.68 Å². The van der Waals surface area contributed by atoms with Crippen molar-refractivity contribution in [3.8, 4) is 0 Å². The van der Waals surface area contributed by atoms with E-state index in [-0.39, 0.29) is 5.56 Å². The van der Waals surface area contributed by atoms with Gasteiger partial charge in [0.15, 0.2) is 0 Å². The second-order valence-corrected chi connectivity index (χ2v) is 5.31. The lowest BCUT2D eigenvalue weighted by Gasteiger charge is -2.08. The van der Waals surface area contributed by atoms with Gasteiger partial charge in [0.2, 0.25) is 0 Å². The smallest absolute Gasteiger partial charge is 0.269 e. The van der Waals surface area contributed by atoms with Crippen molar-refractivity contribution in [1.82, 2.24) is 15.1 Å². The monoisotopic (exact) mass is 336 g/mol. The summed E-state index contributed by atoms with van der Waals surface area (Å²) in [6.07, 6.45) is 1.68. The van der Waals surface area contributed by atoms with Crippen LogP contribution in [-0.4, -0.2) is 29.9 Å². The van der Waals surface area contributed by atoms with Crippen LogP contribution in [0.5, 0.6) is 0 Å². The van der Waals surface area contributed by atoms with Gasteiger partial charge in [-0.3, -0.25) is 4.79 Å². The Labute approximate surface area is 126 Å². The minimum absolute atomic E-state index is 0.109. The number of hydrogen-bond acceptors (Lipinski definition) is 4. The Kier molecular flexibility index (Phi) is 5.31. The van der Waals surface area contributed by atoms with Gasteiger partial charge in [-0.25, -0.2) is 4.68 Å². The molecule has 0 amide bonds. The van der Waals surface area contributed by atoms with Gasteiger partial charge in [0.1, 0.15) is 0 Å². The number of benzene rings is 1. The number of aromatic nitrogens is 2. The van der Waals surface area contributed by atoms with Crippen molar-refractivity contribution < 1.29 is 0 Å². The molecule has 0 saturated heterocycles. The van der Waals surface area contributed by atoms with Crippen LogP contribution in [0.1, 0.15) is 5.56 Å². The molecule has 0 radical (unpaired) electrons. The normalized spacial score (nSPS) is 10.5. The molecule has 106 valence electrons. The number of anilines is 1. The molecule has 0 aliphatic carbocycles. The predicted molar refractivity (Wildman–Crippen MR) is 84.2 cm³/mol. The third-order valence-electron chi connectivity index (χ3n) is 2.82. The molecule has 0 aliphatic rings. The fourth-order valence-electron chi connectivity index (χ4n) is 1.74. The molecule has 2 rings (SSSR count). The highest BCUT2D eigenvalue weighted by Gasteiger charge is 2.01. The SMILES string of the molecule is CNCCNc1cnn(Cc2ccc(Br)cc2)c(=O)c1. The molecule has 20 heavy (non-hydrogen) atoms. The van der Waals surface area contributed by atoms with Crippen LogP contribution in [0.4, 0.5) is 5.69 Å². The molecule has 0 fully saturated rings. The quantitative estimate of drug-likeness (QED) is 0.788. The molecular formula is C14H17BrN4O. The molecule has 0 spiro atoms. The minimum Gasteiger partial charge on any atom is -0.382 e. The minimum atomic E-state index is -0.109. The third kappa shape index (κ3) is 4.18. The lowest BCUT2D eigenvalue weighted by Crippen LogP contribution is -2.24. The molecule has 5 nitrogen and oxygen atoms in total. The van der Waals surface area contributed by atoms with Crippen molar-refractivity contribution in [3.63, 3.8) is 0 Å². The van der Waals surface area contributed by atoms with E-state index < -0.39 is 0 Å². The summed E-state index contributed by atoms with van der Waals surface area (Å²) in [6, 6.07) is 9.41. The topological polar surface area (TPSA) is 59.0 Å². The zero-order valence-electron chi connectivity index (χ0n) is 11.3. The maximum absolute atomic E-state index is 12.0. The Morgan fingerprint density at radius 2 is 2.00 bits per heavy atom. The maximum Gasteiger partial charge on any atom is 0.269 e. The van der Waals surface area contributed by atoms with Crippen LogP contribution in [0.15, 0.2) is 45.8 Å². The number of nitrogens with one attached hydrogen (secondary N) is 2. The van der Waals surface area contributed by atoms with Gasteiger partial charge in [0, 0.05) is 23.6 Å².